The number of nitrogens with zero attached hydrogens (tertiary/aromatic N) is 3. The van der Waals surface area contributed by atoms with Crippen molar-refractivity contribution in [3.8, 4) is 5.75 Å². The second kappa shape index (κ2) is 13.4. The number of fused-ring (bicyclic) bond motifs is 1. The molecule has 3 aromatic carbocycles. The van der Waals surface area contributed by atoms with Gasteiger partial charge in [0.25, 0.3) is 5.91 Å². The van der Waals surface area contributed by atoms with Crippen LogP contribution in [0.4, 0.5) is 5.69 Å². The monoisotopic (exact) mass is 612 g/mol. The number of rotatable bonds is 11. The summed E-state index contributed by atoms with van der Waals surface area (Å²) >= 11 is 1.76. The van der Waals surface area contributed by atoms with Crippen molar-refractivity contribution in [2.45, 2.75) is 67.1 Å². The zero-order chi connectivity index (χ0) is 30.6. The Balaban J connectivity index is 0.985. The van der Waals surface area contributed by atoms with E-state index >= 15 is 0 Å². The highest BCUT2D eigenvalue weighted by atomic mass is 32.2. The van der Waals surface area contributed by atoms with Crippen LogP contribution in [0.5, 0.6) is 5.75 Å². The summed E-state index contributed by atoms with van der Waals surface area (Å²) in [4.78, 5) is 45.5. The van der Waals surface area contributed by atoms with Crippen LogP contribution in [-0.2, 0) is 16.1 Å². The van der Waals surface area contributed by atoms with Crippen molar-refractivity contribution in [3.63, 3.8) is 0 Å². The Morgan fingerprint density at radius 1 is 1.05 bits per heavy atom. The van der Waals surface area contributed by atoms with Crippen LogP contribution in [0.15, 0.2) is 76.5 Å². The number of likely N-dealkylation sites (N-methyl/N-ethyl adjacent to an activating group) is 1. The lowest BCUT2D eigenvalue weighted by atomic mass is 9.97. The third kappa shape index (κ3) is 6.64. The number of carbonyl (C=O) groups is 3. The van der Waals surface area contributed by atoms with Gasteiger partial charge in [-0.25, -0.2) is 0 Å². The molecule has 0 spiro atoms. The zero-order valence-electron chi connectivity index (χ0n) is 25.4. The highest BCUT2D eigenvalue weighted by Crippen LogP contribution is 2.34. The molecule has 44 heavy (non-hydrogen) atoms. The van der Waals surface area contributed by atoms with E-state index in [1.165, 1.54) is 15.4 Å². The van der Waals surface area contributed by atoms with E-state index in [9.17, 15) is 14.4 Å². The number of amides is 2. The summed E-state index contributed by atoms with van der Waals surface area (Å²) in [5.41, 5.74) is 3.98. The molecule has 3 heterocycles. The molecule has 2 amide bonds. The minimum Gasteiger partial charge on any atom is -0.488 e. The molecule has 8 nitrogen and oxygen atoms in total. The molecule has 0 saturated carbocycles. The van der Waals surface area contributed by atoms with Gasteiger partial charge in [0, 0.05) is 73.3 Å². The Hall–Kier alpha value is -3.82. The molecular formula is C35H40N4O4S. The molecule has 3 aromatic rings. The summed E-state index contributed by atoms with van der Waals surface area (Å²) in [6.07, 6.45) is 3.75. The van der Waals surface area contributed by atoms with Crippen LogP contribution in [0.2, 0.25) is 0 Å². The van der Waals surface area contributed by atoms with E-state index in [2.05, 4.69) is 70.6 Å². The normalized spacial score (nSPS) is 18.1. The molecule has 3 aliphatic heterocycles. The predicted octanol–water partition coefficient (Wildman–Crippen LogP) is 4.93. The summed E-state index contributed by atoms with van der Waals surface area (Å²) in [5, 5.41) is 2.64. The maximum absolute atomic E-state index is 13.1. The number of piperidine rings is 1. The average Bonchev–Trinajstić information content (AvgIpc) is 3.35. The van der Waals surface area contributed by atoms with Crippen molar-refractivity contribution >= 4 is 35.5 Å². The third-order valence-corrected chi connectivity index (χ3v) is 9.99. The summed E-state index contributed by atoms with van der Waals surface area (Å²) in [6, 6.07) is 22.9. The number of aryl methyl sites for hydroxylation is 1. The van der Waals surface area contributed by atoms with Gasteiger partial charge < -0.3 is 24.6 Å². The number of hydrogen-bond acceptors (Lipinski definition) is 7. The maximum Gasteiger partial charge on any atom is 0.255 e. The highest BCUT2D eigenvalue weighted by Gasteiger charge is 2.38. The van der Waals surface area contributed by atoms with Gasteiger partial charge in [0.1, 0.15) is 24.2 Å². The van der Waals surface area contributed by atoms with Gasteiger partial charge in [-0.2, -0.15) is 0 Å². The number of ether oxygens (including phenoxy) is 1. The first-order valence-electron chi connectivity index (χ1n) is 15.5. The van der Waals surface area contributed by atoms with Gasteiger partial charge in [-0.15, -0.1) is 0 Å². The first-order chi connectivity index (χ1) is 21.4. The number of likely N-dealkylation sites (tertiary alicyclic amines) is 1. The Morgan fingerprint density at radius 2 is 1.82 bits per heavy atom. The molecule has 9 heteroatoms. The number of anilines is 1. The van der Waals surface area contributed by atoms with Crippen molar-refractivity contribution in [2.24, 2.45) is 0 Å². The van der Waals surface area contributed by atoms with Crippen LogP contribution < -0.4 is 15.0 Å². The van der Waals surface area contributed by atoms with Crippen LogP contribution >= 0.6 is 11.8 Å². The van der Waals surface area contributed by atoms with Crippen LogP contribution in [-0.4, -0.2) is 79.3 Å². The van der Waals surface area contributed by atoms with E-state index in [1.807, 2.05) is 18.2 Å². The maximum atomic E-state index is 13.1. The van der Waals surface area contributed by atoms with Gasteiger partial charge >= 0.3 is 0 Å². The molecule has 1 N–H and O–H groups in total. The van der Waals surface area contributed by atoms with Crippen molar-refractivity contribution in [1.82, 2.24) is 15.1 Å². The van der Waals surface area contributed by atoms with Crippen molar-refractivity contribution in [3.05, 3.63) is 83.4 Å². The molecule has 230 valence electrons. The smallest absolute Gasteiger partial charge is 0.255 e. The summed E-state index contributed by atoms with van der Waals surface area (Å²) in [7, 11) is 1.56. The molecule has 1 unspecified atom stereocenters. The topological polar surface area (TPSA) is 82.2 Å². The van der Waals surface area contributed by atoms with Gasteiger partial charge in [0.2, 0.25) is 5.91 Å². The number of benzene rings is 3. The summed E-state index contributed by atoms with van der Waals surface area (Å²) in [5.74, 6) is 0.552. The molecule has 3 aliphatic rings. The first kappa shape index (κ1) is 30.2. The second-order valence-corrected chi connectivity index (χ2v) is 13.1. The minimum atomic E-state index is -0.643. The van der Waals surface area contributed by atoms with Crippen LogP contribution in [0, 0.1) is 6.92 Å². The lowest BCUT2D eigenvalue weighted by Crippen LogP contribution is -2.59. The zero-order valence-corrected chi connectivity index (χ0v) is 26.2. The highest BCUT2D eigenvalue weighted by molar-refractivity contribution is 7.99. The fourth-order valence-corrected chi connectivity index (χ4v) is 7.34. The first-order valence-corrected chi connectivity index (χ1v) is 16.3. The van der Waals surface area contributed by atoms with Crippen LogP contribution in [0.3, 0.4) is 0 Å². The van der Waals surface area contributed by atoms with Gasteiger partial charge in [-0.3, -0.25) is 14.5 Å². The van der Waals surface area contributed by atoms with Crippen molar-refractivity contribution in [1.29, 1.82) is 0 Å². The van der Waals surface area contributed by atoms with Crippen molar-refractivity contribution < 1.29 is 19.1 Å². The fourth-order valence-electron chi connectivity index (χ4n) is 6.48. The van der Waals surface area contributed by atoms with Gasteiger partial charge in [0.05, 0.1) is 0 Å². The fraction of sp³-hybridized carbons (Fsp3) is 0.400. The summed E-state index contributed by atoms with van der Waals surface area (Å²) < 4.78 is 6.34. The van der Waals surface area contributed by atoms with Crippen LogP contribution in [0.1, 0.15) is 47.2 Å². The van der Waals surface area contributed by atoms with Gasteiger partial charge in [-0.1, -0.05) is 35.5 Å². The lowest BCUT2D eigenvalue weighted by molar-refractivity contribution is -0.125. The van der Waals surface area contributed by atoms with E-state index in [4.69, 9.17) is 4.74 Å². The molecule has 0 aromatic heterocycles. The number of aldehydes is 1. The molecule has 1 atom stereocenters. The second-order valence-electron chi connectivity index (χ2n) is 12.0. The molecule has 2 fully saturated rings. The largest absolute Gasteiger partial charge is 0.488 e. The van der Waals surface area contributed by atoms with Crippen LogP contribution in [0.25, 0.3) is 0 Å². The summed E-state index contributed by atoms with van der Waals surface area (Å²) in [6.45, 7) is 6.31. The molecule has 2 saturated heterocycles. The molecule has 0 bridgehead atoms. The quantitative estimate of drug-likeness (QED) is 0.308. The van der Waals surface area contributed by atoms with Gasteiger partial charge in [-0.05, 0) is 80.3 Å². The Kier molecular flexibility index (Phi) is 9.23. The molecule has 0 radical (unpaired) electrons. The predicted molar refractivity (Wildman–Crippen MR) is 172 cm³/mol. The standard InChI is InChI=1S/C35H40N4O4S/c1-24-8-11-30(12-9-24)44-31-6-3-5-28(20-31)43-29-22-38(23-29)26-14-16-37(17-15-26)27-10-13-32-25(19-27)21-39(35(32)42)33(7-4-18-40)34(41)36-2/h3,5-6,8-13,18-20,26,29,33H,4,7,14-17,21-23H2,1-2H3,(H,36,41). The van der Waals surface area contributed by atoms with Gasteiger partial charge in [0.15, 0.2) is 0 Å². The van der Waals surface area contributed by atoms with E-state index in [0.29, 0.717) is 24.6 Å². The van der Waals surface area contributed by atoms with E-state index in [0.717, 1.165) is 62.3 Å². The molecular weight excluding hydrogens is 572 g/mol. The lowest BCUT2D eigenvalue weighted by Gasteiger charge is -2.47. The molecule has 6 rings (SSSR count). The minimum absolute atomic E-state index is 0.143. The van der Waals surface area contributed by atoms with Crippen molar-refractivity contribution in [2.75, 3.05) is 38.1 Å². The Morgan fingerprint density at radius 3 is 2.55 bits per heavy atom. The van der Waals surface area contributed by atoms with E-state index < -0.39 is 6.04 Å². The third-order valence-electron chi connectivity index (χ3n) is 8.99. The average molecular weight is 613 g/mol. The number of carbonyl (C=O) groups excluding carboxylic acids is 3. The van der Waals surface area contributed by atoms with E-state index in [1.54, 1.807) is 23.7 Å². The SMILES string of the molecule is CNC(=O)C(CCC=O)N1Cc2cc(N3CCC(N4CC(Oc5cccc(Sc6ccc(C)cc6)c5)C4)CC3)ccc2C1=O. The Labute approximate surface area is 263 Å². The Bertz CT molecular complexity index is 1500. The van der Waals surface area contributed by atoms with E-state index in [-0.39, 0.29) is 24.3 Å². The number of nitrogens with one attached hydrogen (secondary N) is 1. The molecule has 0 aliphatic carbocycles. The number of hydrogen-bond donors (Lipinski definition) is 1.